The van der Waals surface area contributed by atoms with Crippen LogP contribution in [0.1, 0.15) is 30.9 Å². The molecule has 0 spiro atoms. The van der Waals surface area contributed by atoms with E-state index in [9.17, 15) is 18.5 Å². The molecule has 0 radical (unpaired) electrons. The van der Waals surface area contributed by atoms with Gasteiger partial charge in [0.05, 0.1) is 33.9 Å². The van der Waals surface area contributed by atoms with Gasteiger partial charge in [-0.3, -0.25) is 4.79 Å². The number of hydrogen-bond acceptors (Lipinski definition) is 5. The molecule has 1 saturated heterocycles. The van der Waals surface area contributed by atoms with E-state index in [-0.39, 0.29) is 22.5 Å². The molecule has 1 heterocycles. The van der Waals surface area contributed by atoms with Gasteiger partial charge in [-0.2, -0.15) is 10.5 Å². The predicted molar refractivity (Wildman–Crippen MR) is 108 cm³/mol. The highest BCUT2D eigenvalue weighted by Crippen LogP contribution is 2.27. The lowest BCUT2D eigenvalue weighted by Gasteiger charge is -2.31. The molecule has 3 rings (SSSR count). The van der Waals surface area contributed by atoms with Gasteiger partial charge in [-0.25, -0.2) is 8.42 Å². The van der Waals surface area contributed by atoms with Gasteiger partial charge >= 0.3 is 0 Å². The van der Waals surface area contributed by atoms with E-state index < -0.39 is 9.84 Å². The molecule has 148 valence electrons. The van der Waals surface area contributed by atoms with Crippen LogP contribution in [-0.2, 0) is 14.6 Å². The van der Waals surface area contributed by atoms with Crippen molar-refractivity contribution in [1.82, 2.24) is 4.90 Å². The third-order valence-corrected chi connectivity index (χ3v) is 7.21. The van der Waals surface area contributed by atoms with Crippen molar-refractivity contribution in [2.45, 2.75) is 24.7 Å². The smallest absolute Gasteiger partial charge is 0.219 e. The Bertz CT molecular complexity index is 1100. The van der Waals surface area contributed by atoms with Gasteiger partial charge in [-0.05, 0) is 54.2 Å². The van der Waals surface area contributed by atoms with Crippen molar-refractivity contribution < 1.29 is 13.2 Å². The number of hydrogen-bond donors (Lipinski definition) is 0. The molecule has 1 fully saturated rings. The highest BCUT2D eigenvalue weighted by Gasteiger charge is 2.26. The Kier molecular flexibility index (Phi) is 6.00. The number of likely N-dealkylation sites (tertiary alicyclic amines) is 1. The molecule has 0 atom stereocenters. The average Bonchev–Trinajstić information content (AvgIpc) is 2.73. The molecule has 0 unspecified atom stereocenters. The fraction of sp³-hybridized carbons (Fsp3) is 0.318. The average molecular weight is 407 g/mol. The fourth-order valence-corrected chi connectivity index (χ4v) is 5.32. The Balaban J connectivity index is 1.76. The van der Waals surface area contributed by atoms with E-state index in [1.54, 1.807) is 41.3 Å². The number of rotatable bonds is 4. The minimum atomic E-state index is -3.43. The van der Waals surface area contributed by atoms with Crippen LogP contribution < -0.4 is 0 Å². The van der Waals surface area contributed by atoms with Crippen molar-refractivity contribution in [1.29, 1.82) is 10.5 Å². The summed E-state index contributed by atoms with van der Waals surface area (Å²) in [5, 5.41) is 18.3. The van der Waals surface area contributed by atoms with Crippen LogP contribution in [0.25, 0.3) is 11.1 Å². The first-order chi connectivity index (χ1) is 13.8. The zero-order valence-corrected chi connectivity index (χ0v) is 16.9. The minimum absolute atomic E-state index is 0.0291. The van der Waals surface area contributed by atoms with Gasteiger partial charge in [0.1, 0.15) is 0 Å². The van der Waals surface area contributed by atoms with Crippen LogP contribution in [0.15, 0.2) is 47.4 Å². The second kappa shape index (κ2) is 8.46. The number of carbonyl (C=O) groups is 1. The maximum Gasteiger partial charge on any atom is 0.219 e. The highest BCUT2D eigenvalue weighted by atomic mass is 32.2. The molecule has 29 heavy (non-hydrogen) atoms. The molecule has 2 aromatic carbocycles. The van der Waals surface area contributed by atoms with Crippen molar-refractivity contribution >= 4 is 15.7 Å². The molecule has 0 aromatic heterocycles. The van der Waals surface area contributed by atoms with E-state index in [1.807, 2.05) is 6.07 Å². The van der Waals surface area contributed by atoms with Gasteiger partial charge in [0.15, 0.2) is 9.84 Å². The normalized spacial score (nSPS) is 14.8. The zero-order valence-electron chi connectivity index (χ0n) is 16.1. The van der Waals surface area contributed by atoms with Crippen LogP contribution in [0.5, 0.6) is 0 Å². The second-order valence-electron chi connectivity index (χ2n) is 7.24. The molecule has 0 saturated carbocycles. The summed E-state index contributed by atoms with van der Waals surface area (Å²) < 4.78 is 25.6. The SMILES string of the molecule is CC(=O)N1CCC(CS(=O)(=O)c2ccc(-c3ccc(C#N)cc3C#N)cc2)CC1. The van der Waals surface area contributed by atoms with Gasteiger partial charge in [0, 0.05) is 20.0 Å². The Morgan fingerprint density at radius 3 is 2.28 bits per heavy atom. The minimum Gasteiger partial charge on any atom is -0.343 e. The topological polar surface area (TPSA) is 102 Å². The monoisotopic (exact) mass is 407 g/mol. The molecule has 0 N–H and O–H groups in total. The molecule has 7 heteroatoms. The second-order valence-corrected chi connectivity index (χ2v) is 9.27. The predicted octanol–water partition coefficient (Wildman–Crippen LogP) is 3.13. The van der Waals surface area contributed by atoms with Crippen LogP contribution in [-0.4, -0.2) is 38.1 Å². The molecular formula is C22H21N3O3S. The molecule has 0 bridgehead atoms. The lowest BCUT2D eigenvalue weighted by atomic mass is 9.98. The van der Waals surface area contributed by atoms with Gasteiger partial charge < -0.3 is 4.90 Å². The molecule has 1 aliphatic rings. The van der Waals surface area contributed by atoms with Crippen molar-refractivity contribution in [2.75, 3.05) is 18.8 Å². The number of nitrogens with zero attached hydrogens (tertiary/aromatic N) is 3. The number of sulfone groups is 1. The Morgan fingerprint density at radius 2 is 1.72 bits per heavy atom. The Hall–Kier alpha value is -3.16. The third-order valence-electron chi connectivity index (χ3n) is 5.31. The summed E-state index contributed by atoms with van der Waals surface area (Å²) in [6.45, 7) is 2.73. The fourth-order valence-electron chi connectivity index (χ4n) is 3.62. The lowest BCUT2D eigenvalue weighted by molar-refractivity contribution is -0.130. The van der Waals surface area contributed by atoms with Crippen molar-refractivity contribution in [3.63, 3.8) is 0 Å². The van der Waals surface area contributed by atoms with E-state index >= 15 is 0 Å². The standard InChI is InChI=1S/C22H21N3O3S/c1-16(26)25-10-8-17(9-11-25)15-29(27,28)21-5-3-19(4-6-21)22-7-2-18(13-23)12-20(22)14-24/h2-7,12,17H,8-11,15H2,1H3. The molecular weight excluding hydrogens is 386 g/mol. The van der Waals surface area contributed by atoms with Crippen molar-refractivity contribution in [3.8, 4) is 23.3 Å². The Labute approximate surface area is 170 Å². The quantitative estimate of drug-likeness (QED) is 0.775. The van der Waals surface area contributed by atoms with Crippen LogP contribution in [0.3, 0.4) is 0 Å². The largest absolute Gasteiger partial charge is 0.343 e. The first kappa shape index (κ1) is 20.6. The molecule has 1 amide bonds. The highest BCUT2D eigenvalue weighted by molar-refractivity contribution is 7.91. The summed E-state index contributed by atoms with van der Waals surface area (Å²) in [4.78, 5) is 13.4. The number of benzene rings is 2. The number of carbonyl (C=O) groups excluding carboxylic acids is 1. The first-order valence-electron chi connectivity index (χ1n) is 9.37. The summed E-state index contributed by atoms with van der Waals surface area (Å²) in [6.07, 6.45) is 1.38. The van der Waals surface area contributed by atoms with Gasteiger partial charge in [-0.1, -0.05) is 18.2 Å². The van der Waals surface area contributed by atoms with Gasteiger partial charge in [0.2, 0.25) is 5.91 Å². The zero-order chi connectivity index (χ0) is 21.0. The molecule has 1 aliphatic heterocycles. The first-order valence-corrected chi connectivity index (χ1v) is 11.0. The van der Waals surface area contributed by atoms with E-state index in [2.05, 4.69) is 6.07 Å². The summed E-state index contributed by atoms with van der Waals surface area (Å²) in [6, 6.07) is 15.4. The van der Waals surface area contributed by atoms with E-state index in [0.29, 0.717) is 42.6 Å². The maximum absolute atomic E-state index is 12.8. The summed E-state index contributed by atoms with van der Waals surface area (Å²) in [5.74, 6) is 0.138. The van der Waals surface area contributed by atoms with Gasteiger partial charge in [0.25, 0.3) is 0 Å². The lowest BCUT2D eigenvalue weighted by Crippen LogP contribution is -2.38. The van der Waals surface area contributed by atoms with Crippen LogP contribution in [0, 0.1) is 28.6 Å². The molecule has 2 aromatic rings. The third kappa shape index (κ3) is 4.64. The number of piperidine rings is 1. The van der Waals surface area contributed by atoms with Crippen LogP contribution >= 0.6 is 0 Å². The summed E-state index contributed by atoms with van der Waals surface area (Å²) >= 11 is 0. The van der Waals surface area contributed by atoms with Crippen molar-refractivity contribution in [2.24, 2.45) is 5.92 Å². The van der Waals surface area contributed by atoms with Crippen LogP contribution in [0.4, 0.5) is 0 Å². The number of nitriles is 2. The molecule has 6 nitrogen and oxygen atoms in total. The van der Waals surface area contributed by atoms with E-state index in [4.69, 9.17) is 5.26 Å². The summed E-state index contributed by atoms with van der Waals surface area (Å²) in [7, 11) is -3.43. The van der Waals surface area contributed by atoms with E-state index in [1.165, 1.54) is 13.0 Å². The van der Waals surface area contributed by atoms with Gasteiger partial charge in [-0.15, -0.1) is 0 Å². The Morgan fingerprint density at radius 1 is 1.07 bits per heavy atom. The number of amides is 1. The summed E-state index contributed by atoms with van der Waals surface area (Å²) in [5.41, 5.74) is 2.16. The van der Waals surface area contributed by atoms with E-state index in [0.717, 1.165) is 5.56 Å². The molecule has 0 aliphatic carbocycles. The van der Waals surface area contributed by atoms with Crippen molar-refractivity contribution in [3.05, 3.63) is 53.6 Å². The maximum atomic E-state index is 12.8. The van der Waals surface area contributed by atoms with Crippen LogP contribution in [0.2, 0.25) is 0 Å².